The molecule has 5 rings (SSSR count). The zero-order valence-electron chi connectivity index (χ0n) is 22.7. The number of para-hydroxylation sites is 1. The van der Waals surface area contributed by atoms with E-state index in [-0.39, 0.29) is 18.4 Å². The molecule has 3 aromatic carbocycles. The zero-order valence-corrected chi connectivity index (χ0v) is 22.7. The number of carbonyl (C=O) groups excluding carboxylic acids is 2. The average molecular weight is 534 g/mol. The number of carbonyl (C=O) groups is 2. The smallest absolute Gasteiger partial charge is 0.260 e. The second-order valence-electron chi connectivity index (χ2n) is 10.2. The Morgan fingerprint density at radius 2 is 1.52 bits per heavy atom. The van der Waals surface area contributed by atoms with Gasteiger partial charge in [-0.05, 0) is 78.6 Å². The van der Waals surface area contributed by atoms with Gasteiger partial charge in [0.15, 0.2) is 6.61 Å². The van der Waals surface area contributed by atoms with E-state index in [0.29, 0.717) is 18.0 Å². The number of likely N-dealkylation sites (tertiary alicyclic amines) is 1. The number of piperidine rings is 1. The Hall–Kier alpha value is -4.45. The Balaban J connectivity index is 1.03. The van der Waals surface area contributed by atoms with Crippen LogP contribution in [0.1, 0.15) is 40.7 Å². The summed E-state index contributed by atoms with van der Waals surface area (Å²) in [6, 6.07) is 29.6. The van der Waals surface area contributed by atoms with Crippen molar-refractivity contribution in [3.8, 4) is 16.9 Å². The van der Waals surface area contributed by atoms with E-state index in [0.717, 1.165) is 61.2 Å². The molecule has 6 nitrogen and oxygen atoms in total. The maximum Gasteiger partial charge on any atom is 0.260 e. The number of hydrogen-bond acceptors (Lipinski definition) is 4. The predicted molar refractivity (Wildman–Crippen MR) is 157 cm³/mol. The van der Waals surface area contributed by atoms with Gasteiger partial charge >= 0.3 is 0 Å². The fourth-order valence-electron chi connectivity index (χ4n) is 5.13. The quantitative estimate of drug-likeness (QED) is 0.274. The minimum absolute atomic E-state index is 0.0408. The van der Waals surface area contributed by atoms with Crippen molar-refractivity contribution < 1.29 is 14.3 Å². The van der Waals surface area contributed by atoms with Crippen LogP contribution in [0.25, 0.3) is 11.1 Å². The number of nitrogens with one attached hydrogen (secondary N) is 1. The fraction of sp³-hybridized carbons (Fsp3) is 0.265. The van der Waals surface area contributed by atoms with E-state index in [1.165, 1.54) is 5.56 Å². The van der Waals surface area contributed by atoms with Gasteiger partial charge in [0.05, 0.1) is 0 Å². The normalized spacial score (nSPS) is 13.6. The summed E-state index contributed by atoms with van der Waals surface area (Å²) in [7, 11) is 0. The van der Waals surface area contributed by atoms with Gasteiger partial charge in [0.1, 0.15) is 5.75 Å². The molecule has 40 heavy (non-hydrogen) atoms. The molecule has 1 saturated heterocycles. The maximum absolute atomic E-state index is 12.9. The van der Waals surface area contributed by atoms with Crippen molar-refractivity contribution in [3.05, 3.63) is 120 Å². The van der Waals surface area contributed by atoms with Gasteiger partial charge in [0.2, 0.25) is 0 Å². The molecule has 0 unspecified atom stereocenters. The highest BCUT2D eigenvalue weighted by Gasteiger charge is 2.23. The van der Waals surface area contributed by atoms with Crippen LogP contribution in [-0.2, 0) is 17.8 Å². The van der Waals surface area contributed by atoms with E-state index >= 15 is 0 Å². The first-order valence-corrected chi connectivity index (χ1v) is 14.0. The summed E-state index contributed by atoms with van der Waals surface area (Å²) in [5, 5.41) is 2.95. The van der Waals surface area contributed by atoms with Crippen LogP contribution in [0.2, 0.25) is 0 Å². The molecule has 1 aromatic heterocycles. The number of hydrogen-bond donors (Lipinski definition) is 1. The number of rotatable bonds is 10. The first kappa shape index (κ1) is 27.1. The van der Waals surface area contributed by atoms with Crippen molar-refractivity contribution in [1.82, 2.24) is 15.2 Å². The molecular formula is C34H35N3O3. The van der Waals surface area contributed by atoms with Gasteiger partial charge in [-0.3, -0.25) is 14.6 Å². The summed E-state index contributed by atoms with van der Waals surface area (Å²) in [5.41, 5.74) is 4.99. The lowest BCUT2D eigenvalue weighted by Crippen LogP contribution is -2.41. The molecule has 6 heteroatoms. The first-order valence-electron chi connectivity index (χ1n) is 14.0. The van der Waals surface area contributed by atoms with E-state index in [1.54, 1.807) is 12.4 Å². The highest BCUT2D eigenvalue weighted by molar-refractivity contribution is 5.94. The molecule has 0 bridgehead atoms. The SMILES string of the molecule is O=C(NCc1ccncc1)c1ccc(CCC2CCN(C(=O)COc3ccccc3-c3ccccc3)CC2)cc1. The molecule has 1 N–H and O–H groups in total. The molecule has 0 radical (unpaired) electrons. The van der Waals surface area contributed by atoms with Crippen molar-refractivity contribution in [2.24, 2.45) is 5.92 Å². The number of aromatic nitrogens is 1. The monoisotopic (exact) mass is 533 g/mol. The predicted octanol–water partition coefficient (Wildman–Crippen LogP) is 5.93. The third kappa shape index (κ3) is 7.35. The van der Waals surface area contributed by atoms with Gasteiger partial charge in [-0.2, -0.15) is 0 Å². The molecule has 0 spiro atoms. The van der Waals surface area contributed by atoms with E-state index in [2.05, 4.69) is 10.3 Å². The second-order valence-corrected chi connectivity index (χ2v) is 10.2. The van der Waals surface area contributed by atoms with Crippen molar-refractivity contribution in [2.45, 2.75) is 32.2 Å². The fourth-order valence-corrected chi connectivity index (χ4v) is 5.13. The molecule has 2 amide bonds. The number of ether oxygens (including phenoxy) is 1. The van der Waals surface area contributed by atoms with E-state index < -0.39 is 0 Å². The summed E-state index contributed by atoms with van der Waals surface area (Å²) < 4.78 is 5.98. The maximum atomic E-state index is 12.9. The van der Waals surface area contributed by atoms with Gasteiger partial charge in [0, 0.05) is 43.2 Å². The van der Waals surface area contributed by atoms with E-state index in [1.807, 2.05) is 95.9 Å². The Bertz CT molecular complexity index is 1380. The minimum atomic E-state index is -0.0760. The van der Waals surface area contributed by atoms with Crippen molar-refractivity contribution in [1.29, 1.82) is 0 Å². The molecule has 0 atom stereocenters. The van der Waals surface area contributed by atoms with Crippen LogP contribution in [-0.4, -0.2) is 41.4 Å². The Kier molecular flexibility index (Phi) is 9.20. The van der Waals surface area contributed by atoms with Crippen LogP contribution in [0.3, 0.4) is 0 Å². The molecular weight excluding hydrogens is 498 g/mol. The van der Waals surface area contributed by atoms with Crippen molar-refractivity contribution >= 4 is 11.8 Å². The number of nitrogens with zero attached hydrogens (tertiary/aromatic N) is 2. The summed E-state index contributed by atoms with van der Waals surface area (Å²) >= 11 is 0. The van der Waals surface area contributed by atoms with E-state index in [4.69, 9.17) is 4.74 Å². The van der Waals surface area contributed by atoms with Crippen LogP contribution >= 0.6 is 0 Å². The van der Waals surface area contributed by atoms with Crippen LogP contribution < -0.4 is 10.1 Å². The highest BCUT2D eigenvalue weighted by Crippen LogP contribution is 2.30. The molecule has 204 valence electrons. The zero-order chi connectivity index (χ0) is 27.6. The van der Waals surface area contributed by atoms with Gasteiger partial charge in [-0.1, -0.05) is 60.7 Å². The van der Waals surface area contributed by atoms with Crippen molar-refractivity contribution in [3.63, 3.8) is 0 Å². The second kappa shape index (κ2) is 13.6. The topological polar surface area (TPSA) is 71.5 Å². The van der Waals surface area contributed by atoms with Crippen molar-refractivity contribution in [2.75, 3.05) is 19.7 Å². The van der Waals surface area contributed by atoms with Crippen LogP contribution in [0, 0.1) is 5.92 Å². The molecule has 2 heterocycles. The lowest BCUT2D eigenvalue weighted by Gasteiger charge is -2.32. The molecule has 4 aromatic rings. The average Bonchev–Trinajstić information content (AvgIpc) is 3.03. The Labute approximate surface area is 236 Å². The highest BCUT2D eigenvalue weighted by atomic mass is 16.5. The summed E-state index contributed by atoms with van der Waals surface area (Å²) in [6.07, 6.45) is 7.50. The molecule has 1 aliphatic rings. The van der Waals surface area contributed by atoms with Gasteiger partial charge in [-0.15, -0.1) is 0 Å². The molecule has 1 aliphatic heterocycles. The largest absolute Gasteiger partial charge is 0.483 e. The third-order valence-electron chi connectivity index (χ3n) is 7.55. The van der Waals surface area contributed by atoms with Gasteiger partial charge in [0.25, 0.3) is 11.8 Å². The number of amides is 2. The summed E-state index contributed by atoms with van der Waals surface area (Å²) in [4.78, 5) is 31.3. The molecule has 0 aliphatic carbocycles. The van der Waals surface area contributed by atoms with Crippen LogP contribution in [0.4, 0.5) is 0 Å². The molecule has 0 saturated carbocycles. The van der Waals surface area contributed by atoms with E-state index in [9.17, 15) is 9.59 Å². The standard InChI is InChI=1S/C34H35N3O3/c38-33(25-40-32-9-5-4-8-31(32)29-6-2-1-3-7-29)37-22-18-27(19-23-37)11-10-26-12-14-30(15-13-26)34(39)36-24-28-16-20-35-21-17-28/h1-9,12-17,20-21,27H,10-11,18-19,22-25H2,(H,36,39). The lowest BCUT2D eigenvalue weighted by molar-refractivity contribution is -0.134. The summed E-state index contributed by atoms with van der Waals surface area (Å²) in [5.74, 6) is 1.29. The lowest BCUT2D eigenvalue weighted by atomic mass is 9.90. The number of benzene rings is 3. The van der Waals surface area contributed by atoms with Crippen LogP contribution in [0.15, 0.2) is 103 Å². The van der Waals surface area contributed by atoms with Crippen LogP contribution in [0.5, 0.6) is 5.75 Å². The number of aryl methyl sites for hydroxylation is 1. The summed E-state index contributed by atoms with van der Waals surface area (Å²) in [6.45, 7) is 2.07. The Morgan fingerprint density at radius 3 is 2.27 bits per heavy atom. The minimum Gasteiger partial charge on any atom is -0.483 e. The third-order valence-corrected chi connectivity index (χ3v) is 7.55. The molecule has 1 fully saturated rings. The number of pyridine rings is 1. The van der Waals surface area contributed by atoms with Gasteiger partial charge in [-0.25, -0.2) is 0 Å². The first-order chi connectivity index (χ1) is 19.7. The van der Waals surface area contributed by atoms with Gasteiger partial charge < -0.3 is 15.0 Å². The Morgan fingerprint density at radius 1 is 0.825 bits per heavy atom.